The summed E-state index contributed by atoms with van der Waals surface area (Å²) in [6.45, 7) is 4.75. The normalized spacial score (nSPS) is 15.7. The lowest BCUT2D eigenvalue weighted by Gasteiger charge is -2.26. The Kier molecular flexibility index (Phi) is 4.85. The van der Waals surface area contributed by atoms with Crippen LogP contribution in [-0.2, 0) is 11.3 Å². The Bertz CT molecular complexity index is 633. The number of amides is 1. The van der Waals surface area contributed by atoms with E-state index in [0.717, 1.165) is 30.9 Å². The van der Waals surface area contributed by atoms with Crippen molar-refractivity contribution < 1.29 is 4.79 Å². The predicted molar refractivity (Wildman–Crippen MR) is 91.0 cm³/mol. The van der Waals surface area contributed by atoms with Crippen LogP contribution in [0, 0.1) is 0 Å². The molecule has 2 aromatic rings. The molecule has 0 spiro atoms. The Balaban J connectivity index is 1.88. The first-order valence-electron chi connectivity index (χ1n) is 7.77. The quantitative estimate of drug-likeness (QED) is 0.934. The number of piperidine rings is 1. The molecule has 1 aliphatic rings. The molecule has 0 bridgehead atoms. The molecule has 0 saturated carbocycles. The molecule has 1 N–H and O–H groups in total. The van der Waals surface area contributed by atoms with E-state index in [1.807, 2.05) is 18.2 Å². The second-order valence-electron chi connectivity index (χ2n) is 5.67. The van der Waals surface area contributed by atoms with E-state index in [-0.39, 0.29) is 5.91 Å². The second kappa shape index (κ2) is 7.03. The van der Waals surface area contributed by atoms with Crippen molar-refractivity contribution in [2.45, 2.75) is 32.7 Å². The van der Waals surface area contributed by atoms with Gasteiger partial charge in [0.1, 0.15) is 0 Å². The Labute approximate surface area is 135 Å². The lowest BCUT2D eigenvalue weighted by molar-refractivity contribution is -0.114. The number of anilines is 1. The molecule has 0 unspecified atom stereocenters. The first-order chi connectivity index (χ1) is 10.7. The second-order valence-corrected chi connectivity index (χ2v) is 6.76. The van der Waals surface area contributed by atoms with E-state index < -0.39 is 0 Å². The van der Waals surface area contributed by atoms with Crippen LogP contribution in [0.25, 0.3) is 11.3 Å². The van der Waals surface area contributed by atoms with Crippen LogP contribution < -0.4 is 5.32 Å². The molecule has 2 heterocycles. The van der Waals surface area contributed by atoms with Gasteiger partial charge in [-0.1, -0.05) is 48.1 Å². The Morgan fingerprint density at radius 1 is 1.23 bits per heavy atom. The molecule has 0 radical (unpaired) electrons. The van der Waals surface area contributed by atoms with E-state index in [1.165, 1.54) is 31.1 Å². The van der Waals surface area contributed by atoms with Crippen LogP contribution in [0.4, 0.5) is 5.13 Å². The van der Waals surface area contributed by atoms with Gasteiger partial charge in [0.25, 0.3) is 0 Å². The maximum Gasteiger partial charge on any atom is 0.223 e. The molecule has 5 heteroatoms. The number of benzene rings is 1. The Morgan fingerprint density at radius 2 is 1.95 bits per heavy atom. The van der Waals surface area contributed by atoms with Gasteiger partial charge in [0.05, 0.1) is 5.69 Å². The van der Waals surface area contributed by atoms with Crippen LogP contribution in [-0.4, -0.2) is 28.9 Å². The summed E-state index contributed by atoms with van der Waals surface area (Å²) in [5.41, 5.74) is 2.11. The summed E-state index contributed by atoms with van der Waals surface area (Å²) in [7, 11) is 0. The molecule has 1 aromatic carbocycles. The summed E-state index contributed by atoms with van der Waals surface area (Å²) >= 11 is 1.59. The first kappa shape index (κ1) is 15.2. The van der Waals surface area contributed by atoms with Crippen LogP contribution in [0.3, 0.4) is 0 Å². The monoisotopic (exact) mass is 315 g/mol. The smallest absolute Gasteiger partial charge is 0.223 e. The zero-order valence-electron chi connectivity index (χ0n) is 12.8. The van der Waals surface area contributed by atoms with Gasteiger partial charge in [0.15, 0.2) is 5.13 Å². The highest BCUT2D eigenvalue weighted by atomic mass is 32.1. The van der Waals surface area contributed by atoms with Crippen LogP contribution >= 0.6 is 11.3 Å². The van der Waals surface area contributed by atoms with Crippen molar-refractivity contribution in [1.82, 2.24) is 9.88 Å². The molecular formula is C17H21N3OS. The number of rotatable bonds is 4. The van der Waals surface area contributed by atoms with E-state index in [4.69, 9.17) is 0 Å². The van der Waals surface area contributed by atoms with E-state index >= 15 is 0 Å². The van der Waals surface area contributed by atoms with Gasteiger partial charge < -0.3 is 5.32 Å². The average Bonchev–Trinajstić information content (AvgIpc) is 2.91. The van der Waals surface area contributed by atoms with Gasteiger partial charge in [-0.2, -0.15) is 0 Å². The minimum Gasteiger partial charge on any atom is -0.302 e. The third-order valence-corrected chi connectivity index (χ3v) is 4.80. The van der Waals surface area contributed by atoms with E-state index in [9.17, 15) is 4.79 Å². The van der Waals surface area contributed by atoms with E-state index in [0.29, 0.717) is 5.13 Å². The molecule has 1 fully saturated rings. The summed E-state index contributed by atoms with van der Waals surface area (Å²) in [5.74, 6) is -0.0714. The van der Waals surface area contributed by atoms with Gasteiger partial charge >= 0.3 is 0 Å². The third kappa shape index (κ3) is 3.72. The molecule has 0 atom stereocenters. The molecule has 1 amide bonds. The third-order valence-electron chi connectivity index (χ3n) is 3.84. The lowest BCUT2D eigenvalue weighted by Crippen LogP contribution is -2.28. The van der Waals surface area contributed by atoms with Crippen molar-refractivity contribution in [3.63, 3.8) is 0 Å². The Hall–Kier alpha value is -1.72. The zero-order valence-corrected chi connectivity index (χ0v) is 13.7. The summed E-state index contributed by atoms with van der Waals surface area (Å²) in [6, 6.07) is 10.2. The number of carbonyl (C=O) groups is 1. The molecule has 22 heavy (non-hydrogen) atoms. The Morgan fingerprint density at radius 3 is 2.64 bits per heavy atom. The number of likely N-dealkylation sites (tertiary alicyclic amines) is 1. The van der Waals surface area contributed by atoms with Gasteiger partial charge in [-0.25, -0.2) is 4.98 Å². The van der Waals surface area contributed by atoms with E-state index in [1.54, 1.807) is 11.3 Å². The number of aromatic nitrogens is 1. The minimum atomic E-state index is -0.0714. The fourth-order valence-corrected chi connectivity index (χ4v) is 3.88. The predicted octanol–water partition coefficient (Wildman–Crippen LogP) is 3.75. The first-order valence-corrected chi connectivity index (χ1v) is 8.59. The van der Waals surface area contributed by atoms with Gasteiger partial charge in [-0.05, 0) is 25.9 Å². The largest absolute Gasteiger partial charge is 0.302 e. The summed E-state index contributed by atoms with van der Waals surface area (Å²) in [6.07, 6.45) is 3.89. The summed E-state index contributed by atoms with van der Waals surface area (Å²) < 4.78 is 0. The fraction of sp³-hybridized carbons (Fsp3) is 0.412. The summed E-state index contributed by atoms with van der Waals surface area (Å²) in [5, 5.41) is 3.52. The van der Waals surface area contributed by atoms with Crippen molar-refractivity contribution in [1.29, 1.82) is 0 Å². The number of carbonyl (C=O) groups excluding carboxylic acids is 1. The average molecular weight is 315 g/mol. The molecule has 116 valence electrons. The molecule has 1 aliphatic heterocycles. The van der Waals surface area contributed by atoms with E-state index in [2.05, 4.69) is 27.3 Å². The van der Waals surface area contributed by atoms with Crippen molar-refractivity contribution in [2.75, 3.05) is 18.4 Å². The molecule has 3 rings (SSSR count). The fourth-order valence-electron chi connectivity index (χ4n) is 2.81. The SMILES string of the molecule is CC(=O)Nc1nc(-c2ccccc2)c(CN2CCCCC2)s1. The van der Waals surface area contributed by atoms with Crippen LogP contribution in [0.15, 0.2) is 30.3 Å². The number of hydrogen-bond acceptors (Lipinski definition) is 4. The van der Waals surface area contributed by atoms with Gasteiger partial charge in [0.2, 0.25) is 5.91 Å². The number of hydrogen-bond donors (Lipinski definition) is 1. The zero-order chi connectivity index (χ0) is 15.4. The molecule has 0 aliphatic carbocycles. The highest BCUT2D eigenvalue weighted by Gasteiger charge is 2.18. The maximum atomic E-state index is 11.3. The van der Waals surface area contributed by atoms with Crippen LogP contribution in [0.5, 0.6) is 0 Å². The number of nitrogens with zero attached hydrogens (tertiary/aromatic N) is 2. The lowest BCUT2D eigenvalue weighted by atomic mass is 10.1. The number of thiazole rings is 1. The highest BCUT2D eigenvalue weighted by Crippen LogP contribution is 2.32. The van der Waals surface area contributed by atoms with Gasteiger partial charge in [0, 0.05) is 23.9 Å². The number of nitrogens with one attached hydrogen (secondary N) is 1. The molecular weight excluding hydrogens is 294 g/mol. The highest BCUT2D eigenvalue weighted by molar-refractivity contribution is 7.16. The molecule has 4 nitrogen and oxygen atoms in total. The van der Waals surface area contributed by atoms with Crippen molar-refractivity contribution in [2.24, 2.45) is 0 Å². The summed E-state index contributed by atoms with van der Waals surface area (Å²) in [4.78, 5) is 19.7. The topological polar surface area (TPSA) is 45.2 Å². The van der Waals surface area contributed by atoms with Crippen LogP contribution in [0.2, 0.25) is 0 Å². The van der Waals surface area contributed by atoms with Crippen LogP contribution in [0.1, 0.15) is 31.1 Å². The van der Waals surface area contributed by atoms with Crippen molar-refractivity contribution >= 4 is 22.4 Å². The van der Waals surface area contributed by atoms with Crippen molar-refractivity contribution in [3.8, 4) is 11.3 Å². The standard InChI is InChI=1S/C17H21N3OS/c1-13(21)18-17-19-16(14-8-4-2-5-9-14)15(22-17)12-20-10-6-3-7-11-20/h2,4-5,8-9H,3,6-7,10-12H2,1H3,(H,18,19,21). The van der Waals surface area contributed by atoms with Gasteiger partial charge in [-0.15, -0.1) is 0 Å². The molecule has 1 saturated heterocycles. The minimum absolute atomic E-state index is 0.0714. The van der Waals surface area contributed by atoms with Gasteiger partial charge in [-0.3, -0.25) is 9.69 Å². The maximum absolute atomic E-state index is 11.3. The van der Waals surface area contributed by atoms with Crippen molar-refractivity contribution in [3.05, 3.63) is 35.2 Å². The molecule has 1 aromatic heterocycles.